The monoisotopic (exact) mass is 340 g/mol. The molecule has 4 nitrogen and oxygen atoms in total. The second kappa shape index (κ2) is 7.09. The van der Waals surface area contributed by atoms with Gasteiger partial charge in [-0.05, 0) is 67.0 Å². The Bertz CT molecular complexity index is 473. The summed E-state index contributed by atoms with van der Waals surface area (Å²) in [6, 6.07) is 4.96. The predicted octanol–water partition coefficient (Wildman–Crippen LogP) is 2.76. The fourth-order valence-corrected chi connectivity index (χ4v) is 2.78. The van der Waals surface area contributed by atoms with E-state index < -0.39 is 0 Å². The molecule has 1 unspecified atom stereocenters. The molecular formula is C15H21BrN2O2. The molecule has 0 aromatic heterocycles. The van der Waals surface area contributed by atoms with Gasteiger partial charge in [-0.25, -0.2) is 0 Å². The summed E-state index contributed by atoms with van der Waals surface area (Å²) in [6.07, 6.45) is 3.82. The summed E-state index contributed by atoms with van der Waals surface area (Å²) < 4.78 is 0.593. The van der Waals surface area contributed by atoms with Crippen LogP contribution in [0.5, 0.6) is 5.75 Å². The van der Waals surface area contributed by atoms with Gasteiger partial charge in [0.2, 0.25) is 0 Å². The molecule has 0 radical (unpaired) electrons. The standard InChI is InChI=1S/C15H21BrN2O2/c1-11(10-18-7-3-2-4-8-18)17-15(20)12-5-6-13(16)14(19)9-12/h5-6,9,11,19H,2-4,7-8,10H2,1H3,(H,17,20). The van der Waals surface area contributed by atoms with Crippen LogP contribution in [0, 0.1) is 0 Å². The summed E-state index contributed by atoms with van der Waals surface area (Å²) in [6.45, 7) is 5.15. The molecule has 2 rings (SSSR count). The molecule has 110 valence electrons. The molecule has 1 atom stereocenters. The molecule has 1 fully saturated rings. The number of nitrogens with one attached hydrogen (secondary N) is 1. The van der Waals surface area contributed by atoms with E-state index in [4.69, 9.17) is 0 Å². The smallest absolute Gasteiger partial charge is 0.251 e. The molecule has 0 saturated carbocycles. The predicted molar refractivity (Wildman–Crippen MR) is 83.0 cm³/mol. The molecule has 0 bridgehead atoms. The zero-order valence-electron chi connectivity index (χ0n) is 11.7. The number of halogens is 1. The first kappa shape index (κ1) is 15.3. The van der Waals surface area contributed by atoms with Gasteiger partial charge in [-0.3, -0.25) is 4.79 Å². The van der Waals surface area contributed by atoms with Crippen molar-refractivity contribution in [1.29, 1.82) is 0 Å². The van der Waals surface area contributed by atoms with Gasteiger partial charge in [-0.2, -0.15) is 0 Å². The topological polar surface area (TPSA) is 52.6 Å². The molecule has 20 heavy (non-hydrogen) atoms. The molecule has 1 aromatic carbocycles. The number of phenolic OH excluding ortho intramolecular Hbond substituents is 1. The van der Waals surface area contributed by atoms with E-state index in [1.807, 2.05) is 6.92 Å². The van der Waals surface area contributed by atoms with E-state index in [0.717, 1.165) is 19.6 Å². The summed E-state index contributed by atoms with van der Waals surface area (Å²) in [7, 11) is 0. The Morgan fingerprint density at radius 3 is 2.75 bits per heavy atom. The summed E-state index contributed by atoms with van der Waals surface area (Å²) in [5, 5.41) is 12.6. The normalized spacial score (nSPS) is 17.7. The Morgan fingerprint density at radius 2 is 2.10 bits per heavy atom. The van der Waals surface area contributed by atoms with Crippen LogP contribution in [0.4, 0.5) is 0 Å². The Balaban J connectivity index is 1.87. The number of hydrogen-bond donors (Lipinski definition) is 2. The van der Waals surface area contributed by atoms with Crippen molar-refractivity contribution in [1.82, 2.24) is 10.2 Å². The van der Waals surface area contributed by atoms with Crippen molar-refractivity contribution in [3.05, 3.63) is 28.2 Å². The van der Waals surface area contributed by atoms with Crippen LogP contribution in [-0.2, 0) is 0 Å². The van der Waals surface area contributed by atoms with Gasteiger partial charge in [-0.15, -0.1) is 0 Å². The van der Waals surface area contributed by atoms with Crippen molar-refractivity contribution in [2.24, 2.45) is 0 Å². The Labute approximate surface area is 128 Å². The minimum atomic E-state index is -0.141. The van der Waals surface area contributed by atoms with E-state index in [-0.39, 0.29) is 17.7 Å². The number of nitrogens with zero attached hydrogens (tertiary/aromatic N) is 1. The van der Waals surface area contributed by atoms with E-state index in [1.165, 1.54) is 25.3 Å². The van der Waals surface area contributed by atoms with Crippen LogP contribution in [-0.4, -0.2) is 41.6 Å². The second-order valence-electron chi connectivity index (χ2n) is 5.40. The maximum atomic E-state index is 12.1. The van der Waals surface area contributed by atoms with E-state index in [0.29, 0.717) is 10.0 Å². The van der Waals surface area contributed by atoms with Gasteiger partial charge in [-0.1, -0.05) is 6.42 Å². The van der Waals surface area contributed by atoms with Crippen molar-refractivity contribution in [2.45, 2.75) is 32.2 Å². The SMILES string of the molecule is CC(CN1CCCCC1)NC(=O)c1ccc(Br)c(O)c1. The van der Waals surface area contributed by atoms with Crippen LogP contribution in [0.2, 0.25) is 0 Å². The molecule has 1 amide bonds. The maximum Gasteiger partial charge on any atom is 0.251 e. The van der Waals surface area contributed by atoms with Crippen molar-refractivity contribution in [2.75, 3.05) is 19.6 Å². The molecule has 1 heterocycles. The van der Waals surface area contributed by atoms with E-state index >= 15 is 0 Å². The average Bonchev–Trinajstić information content (AvgIpc) is 2.42. The number of amides is 1. The number of likely N-dealkylation sites (tertiary alicyclic amines) is 1. The Hall–Kier alpha value is -1.07. The lowest BCUT2D eigenvalue weighted by atomic mass is 10.1. The number of piperidine rings is 1. The highest BCUT2D eigenvalue weighted by molar-refractivity contribution is 9.10. The number of carbonyl (C=O) groups excluding carboxylic acids is 1. The van der Waals surface area contributed by atoms with Gasteiger partial charge < -0.3 is 15.3 Å². The first-order valence-electron chi connectivity index (χ1n) is 7.08. The number of hydrogen-bond acceptors (Lipinski definition) is 3. The lowest BCUT2D eigenvalue weighted by Crippen LogP contribution is -2.43. The Kier molecular flexibility index (Phi) is 5.43. The van der Waals surface area contributed by atoms with Crippen LogP contribution in [0.25, 0.3) is 0 Å². The third-order valence-corrected chi connectivity index (χ3v) is 4.24. The molecule has 0 aliphatic carbocycles. The largest absolute Gasteiger partial charge is 0.507 e. The first-order valence-corrected chi connectivity index (χ1v) is 7.87. The quantitative estimate of drug-likeness (QED) is 0.886. The van der Waals surface area contributed by atoms with Crippen LogP contribution in [0.15, 0.2) is 22.7 Å². The third kappa shape index (κ3) is 4.21. The van der Waals surface area contributed by atoms with Crippen molar-refractivity contribution in [3.63, 3.8) is 0 Å². The molecule has 1 aliphatic rings. The third-order valence-electron chi connectivity index (χ3n) is 3.57. The van der Waals surface area contributed by atoms with Gasteiger partial charge in [0.05, 0.1) is 4.47 Å². The molecular weight excluding hydrogens is 320 g/mol. The van der Waals surface area contributed by atoms with Crippen molar-refractivity contribution in [3.8, 4) is 5.75 Å². The van der Waals surface area contributed by atoms with Crippen LogP contribution >= 0.6 is 15.9 Å². The summed E-state index contributed by atoms with van der Waals surface area (Å²) >= 11 is 3.21. The van der Waals surface area contributed by atoms with Crippen LogP contribution < -0.4 is 5.32 Å². The average molecular weight is 341 g/mol. The summed E-state index contributed by atoms with van der Waals surface area (Å²) in [5.74, 6) is -0.0568. The maximum absolute atomic E-state index is 12.1. The zero-order chi connectivity index (χ0) is 14.5. The number of phenols is 1. The highest BCUT2D eigenvalue weighted by atomic mass is 79.9. The van der Waals surface area contributed by atoms with Gasteiger partial charge >= 0.3 is 0 Å². The molecule has 1 aliphatic heterocycles. The fourth-order valence-electron chi connectivity index (χ4n) is 2.54. The summed E-state index contributed by atoms with van der Waals surface area (Å²) in [4.78, 5) is 14.5. The van der Waals surface area contributed by atoms with E-state index in [2.05, 4.69) is 26.1 Å². The lowest BCUT2D eigenvalue weighted by molar-refractivity contribution is 0.0925. The van der Waals surface area contributed by atoms with Crippen LogP contribution in [0.1, 0.15) is 36.5 Å². The fraction of sp³-hybridized carbons (Fsp3) is 0.533. The molecule has 1 aromatic rings. The zero-order valence-corrected chi connectivity index (χ0v) is 13.3. The van der Waals surface area contributed by atoms with Gasteiger partial charge in [0.15, 0.2) is 0 Å². The van der Waals surface area contributed by atoms with Crippen LogP contribution in [0.3, 0.4) is 0 Å². The van der Waals surface area contributed by atoms with Crippen molar-refractivity contribution < 1.29 is 9.90 Å². The minimum absolute atomic E-state index is 0.0846. The molecule has 2 N–H and O–H groups in total. The number of benzene rings is 1. The Morgan fingerprint density at radius 1 is 1.40 bits per heavy atom. The highest BCUT2D eigenvalue weighted by Crippen LogP contribution is 2.24. The van der Waals surface area contributed by atoms with Gasteiger partial charge in [0.1, 0.15) is 5.75 Å². The number of carbonyl (C=O) groups is 1. The molecule has 0 spiro atoms. The first-order chi connectivity index (χ1) is 9.56. The van der Waals surface area contributed by atoms with Gasteiger partial charge in [0.25, 0.3) is 5.91 Å². The second-order valence-corrected chi connectivity index (χ2v) is 6.26. The number of rotatable bonds is 4. The molecule has 5 heteroatoms. The lowest BCUT2D eigenvalue weighted by Gasteiger charge is -2.29. The van der Waals surface area contributed by atoms with Gasteiger partial charge in [0, 0.05) is 18.2 Å². The van der Waals surface area contributed by atoms with E-state index in [9.17, 15) is 9.90 Å². The molecule has 1 saturated heterocycles. The van der Waals surface area contributed by atoms with Crippen molar-refractivity contribution >= 4 is 21.8 Å². The number of aromatic hydroxyl groups is 1. The summed E-state index contributed by atoms with van der Waals surface area (Å²) in [5.41, 5.74) is 0.483. The van der Waals surface area contributed by atoms with E-state index in [1.54, 1.807) is 12.1 Å². The highest BCUT2D eigenvalue weighted by Gasteiger charge is 2.16. The minimum Gasteiger partial charge on any atom is -0.507 e.